The molecule has 130 valence electrons. The summed E-state index contributed by atoms with van der Waals surface area (Å²) in [5.41, 5.74) is 2.79. The molecule has 0 aliphatic carbocycles. The fraction of sp³-hybridized carbons (Fsp3) is 0.111. The highest BCUT2D eigenvalue weighted by Gasteiger charge is 2.14. The van der Waals surface area contributed by atoms with Gasteiger partial charge in [-0.25, -0.2) is 0 Å². The molecule has 2 aromatic carbocycles. The molecule has 0 unspecified atom stereocenters. The quantitative estimate of drug-likeness (QED) is 0.446. The number of thioether (sulfide) groups is 1. The van der Waals surface area contributed by atoms with E-state index in [0.717, 1.165) is 11.1 Å². The van der Waals surface area contributed by atoms with Gasteiger partial charge in [-0.1, -0.05) is 58.3 Å². The topological polar surface area (TPSA) is 77.8 Å². The lowest BCUT2D eigenvalue weighted by Crippen LogP contribution is -1.84. The lowest BCUT2D eigenvalue weighted by molar-refractivity contribution is 0.391. The van der Waals surface area contributed by atoms with E-state index in [2.05, 4.69) is 20.3 Å². The monoisotopic (exact) mass is 384 g/mol. The van der Waals surface area contributed by atoms with Gasteiger partial charge in [0.15, 0.2) is 0 Å². The van der Waals surface area contributed by atoms with Crippen molar-refractivity contribution in [2.75, 3.05) is 0 Å². The van der Waals surface area contributed by atoms with Crippen molar-refractivity contribution < 1.29 is 8.94 Å². The second kappa shape index (κ2) is 7.31. The zero-order chi connectivity index (χ0) is 17.9. The molecule has 26 heavy (non-hydrogen) atoms. The Kier molecular flexibility index (Phi) is 4.73. The van der Waals surface area contributed by atoms with Crippen molar-refractivity contribution >= 4 is 23.4 Å². The molecule has 0 saturated carbocycles. The van der Waals surface area contributed by atoms with Crippen LogP contribution in [0.3, 0.4) is 0 Å². The Labute approximate surface area is 158 Å². The van der Waals surface area contributed by atoms with Gasteiger partial charge in [0.2, 0.25) is 17.6 Å². The number of rotatable bonds is 5. The third-order valence-electron chi connectivity index (χ3n) is 3.61. The first-order valence-corrected chi connectivity index (χ1v) is 9.16. The Morgan fingerprint density at radius 1 is 1.04 bits per heavy atom. The normalized spacial score (nSPS) is 11.0. The van der Waals surface area contributed by atoms with Crippen molar-refractivity contribution in [2.24, 2.45) is 0 Å². The van der Waals surface area contributed by atoms with E-state index in [1.54, 1.807) is 6.07 Å². The zero-order valence-electron chi connectivity index (χ0n) is 13.7. The van der Waals surface area contributed by atoms with Crippen molar-refractivity contribution in [3.8, 4) is 22.8 Å². The standard InChI is InChI=1S/C18H13ClN4O2S/c1-11-6-8-12(9-7-11)17-21-22-18(24-17)26-10-15-20-16(23-25-15)13-4-2-3-5-14(13)19/h2-9H,10H2,1H3. The van der Waals surface area contributed by atoms with Crippen LogP contribution in [-0.2, 0) is 5.75 Å². The first-order valence-electron chi connectivity index (χ1n) is 7.80. The second-order valence-corrected chi connectivity index (χ2v) is 6.85. The van der Waals surface area contributed by atoms with E-state index in [-0.39, 0.29) is 0 Å². The number of nitrogens with zero attached hydrogens (tertiary/aromatic N) is 4. The van der Waals surface area contributed by atoms with Gasteiger partial charge < -0.3 is 8.94 Å². The average molecular weight is 385 g/mol. The molecule has 2 aromatic heterocycles. The molecule has 0 aliphatic heterocycles. The van der Waals surface area contributed by atoms with Crippen LogP contribution in [0.5, 0.6) is 0 Å². The Morgan fingerprint density at radius 2 is 1.85 bits per heavy atom. The second-order valence-electron chi connectivity index (χ2n) is 5.52. The number of benzene rings is 2. The fourth-order valence-corrected chi connectivity index (χ4v) is 3.09. The zero-order valence-corrected chi connectivity index (χ0v) is 15.3. The molecule has 0 spiro atoms. The van der Waals surface area contributed by atoms with Crippen LogP contribution in [0.15, 0.2) is 62.7 Å². The molecule has 4 aromatic rings. The number of aryl methyl sites for hydroxylation is 1. The lowest BCUT2D eigenvalue weighted by atomic mass is 10.1. The van der Waals surface area contributed by atoms with Crippen LogP contribution in [0.25, 0.3) is 22.8 Å². The van der Waals surface area contributed by atoms with Crippen LogP contribution in [-0.4, -0.2) is 20.3 Å². The molecule has 2 heterocycles. The molecule has 4 rings (SSSR count). The number of hydrogen-bond acceptors (Lipinski definition) is 7. The molecular formula is C18H13ClN4O2S. The smallest absolute Gasteiger partial charge is 0.277 e. The average Bonchev–Trinajstić information content (AvgIpc) is 3.30. The first-order chi connectivity index (χ1) is 12.7. The van der Waals surface area contributed by atoms with E-state index in [9.17, 15) is 0 Å². The maximum atomic E-state index is 6.15. The molecule has 0 amide bonds. The summed E-state index contributed by atoms with van der Waals surface area (Å²) in [7, 11) is 0. The van der Waals surface area contributed by atoms with Gasteiger partial charge in [0, 0.05) is 11.1 Å². The Morgan fingerprint density at radius 3 is 2.65 bits per heavy atom. The minimum Gasteiger partial charge on any atom is -0.411 e. The summed E-state index contributed by atoms with van der Waals surface area (Å²) < 4.78 is 10.9. The van der Waals surface area contributed by atoms with Crippen molar-refractivity contribution in [1.82, 2.24) is 20.3 Å². The van der Waals surface area contributed by atoms with Crippen LogP contribution in [0, 0.1) is 6.92 Å². The molecule has 6 nitrogen and oxygen atoms in total. The predicted molar refractivity (Wildman–Crippen MR) is 98.8 cm³/mol. The van der Waals surface area contributed by atoms with E-state index in [1.807, 2.05) is 49.4 Å². The van der Waals surface area contributed by atoms with E-state index in [1.165, 1.54) is 17.3 Å². The third kappa shape index (κ3) is 3.63. The Hall–Kier alpha value is -2.64. The fourth-order valence-electron chi connectivity index (χ4n) is 2.27. The minimum atomic E-state index is 0.424. The maximum Gasteiger partial charge on any atom is 0.277 e. The maximum absolute atomic E-state index is 6.15. The molecule has 0 saturated heterocycles. The SMILES string of the molecule is Cc1ccc(-c2nnc(SCc3nc(-c4ccccc4Cl)no3)o2)cc1. The predicted octanol–water partition coefficient (Wildman–Crippen LogP) is 5.04. The van der Waals surface area contributed by atoms with Crippen LogP contribution in [0.1, 0.15) is 11.5 Å². The largest absolute Gasteiger partial charge is 0.411 e. The molecule has 0 radical (unpaired) electrons. The van der Waals surface area contributed by atoms with Crippen molar-refractivity contribution in [3.63, 3.8) is 0 Å². The first kappa shape index (κ1) is 16.8. The molecule has 0 fully saturated rings. The van der Waals surface area contributed by atoms with Crippen LogP contribution in [0.2, 0.25) is 5.02 Å². The van der Waals surface area contributed by atoms with Crippen LogP contribution in [0.4, 0.5) is 0 Å². The molecule has 0 bridgehead atoms. The van der Waals surface area contributed by atoms with Crippen LogP contribution < -0.4 is 0 Å². The van der Waals surface area contributed by atoms with Crippen LogP contribution >= 0.6 is 23.4 Å². The van der Waals surface area contributed by atoms with Gasteiger partial charge in [-0.3, -0.25) is 0 Å². The Balaban J connectivity index is 1.44. The highest BCUT2D eigenvalue weighted by atomic mass is 35.5. The summed E-state index contributed by atoms with van der Waals surface area (Å²) >= 11 is 7.49. The number of hydrogen-bond donors (Lipinski definition) is 0. The molecular weight excluding hydrogens is 372 g/mol. The number of halogens is 1. The number of aromatic nitrogens is 4. The lowest BCUT2D eigenvalue weighted by Gasteiger charge is -1.96. The highest BCUT2D eigenvalue weighted by molar-refractivity contribution is 7.98. The summed E-state index contributed by atoms with van der Waals surface area (Å²) in [4.78, 5) is 4.36. The molecule has 0 N–H and O–H groups in total. The van der Waals surface area contributed by atoms with Gasteiger partial charge in [-0.15, -0.1) is 10.2 Å². The van der Waals surface area contributed by atoms with Crippen molar-refractivity contribution in [2.45, 2.75) is 17.9 Å². The summed E-state index contributed by atoms with van der Waals surface area (Å²) in [6.07, 6.45) is 0. The van der Waals surface area contributed by atoms with Crippen molar-refractivity contribution in [1.29, 1.82) is 0 Å². The van der Waals surface area contributed by atoms with Gasteiger partial charge >= 0.3 is 0 Å². The van der Waals surface area contributed by atoms with E-state index < -0.39 is 0 Å². The van der Waals surface area contributed by atoms with Gasteiger partial charge in [0.05, 0.1) is 10.8 Å². The molecule has 0 atom stereocenters. The molecule has 0 aliphatic rings. The highest BCUT2D eigenvalue weighted by Crippen LogP contribution is 2.28. The van der Waals surface area contributed by atoms with Gasteiger partial charge in [0.25, 0.3) is 5.22 Å². The minimum absolute atomic E-state index is 0.424. The van der Waals surface area contributed by atoms with E-state index >= 15 is 0 Å². The van der Waals surface area contributed by atoms with Gasteiger partial charge in [0.1, 0.15) is 0 Å². The summed E-state index contributed by atoms with van der Waals surface area (Å²) in [6, 6.07) is 15.3. The van der Waals surface area contributed by atoms with Gasteiger partial charge in [-0.05, 0) is 31.2 Å². The Bertz CT molecular complexity index is 1030. The summed E-state index contributed by atoms with van der Waals surface area (Å²) in [6.45, 7) is 2.03. The summed E-state index contributed by atoms with van der Waals surface area (Å²) in [5.74, 6) is 1.82. The third-order valence-corrected chi connectivity index (χ3v) is 4.74. The summed E-state index contributed by atoms with van der Waals surface area (Å²) in [5, 5.41) is 13.1. The van der Waals surface area contributed by atoms with Crippen molar-refractivity contribution in [3.05, 3.63) is 65.0 Å². The van der Waals surface area contributed by atoms with E-state index in [0.29, 0.717) is 33.6 Å². The van der Waals surface area contributed by atoms with Gasteiger partial charge in [-0.2, -0.15) is 4.98 Å². The van der Waals surface area contributed by atoms with E-state index in [4.69, 9.17) is 20.5 Å². The molecule has 8 heteroatoms.